The van der Waals surface area contributed by atoms with Crippen molar-refractivity contribution in [2.24, 2.45) is 0 Å². The molecular formula is C19H26Br2O6. The van der Waals surface area contributed by atoms with Gasteiger partial charge in [-0.05, 0) is 52.3 Å². The van der Waals surface area contributed by atoms with Gasteiger partial charge < -0.3 is 18.9 Å². The van der Waals surface area contributed by atoms with E-state index in [4.69, 9.17) is 18.9 Å². The molecule has 0 atom stereocenters. The number of carbonyl (C=O) groups is 2. The molecule has 0 aliphatic heterocycles. The lowest BCUT2D eigenvalue weighted by molar-refractivity contribution is -0.146. The molecule has 1 aromatic carbocycles. The Bertz CT molecular complexity index is 594. The maximum Gasteiger partial charge on any atom is 0.322 e. The molecule has 0 bridgehead atoms. The van der Waals surface area contributed by atoms with Crippen molar-refractivity contribution >= 4 is 43.8 Å². The summed E-state index contributed by atoms with van der Waals surface area (Å²) in [5.74, 6) is 0.525. The molecular weight excluding hydrogens is 484 g/mol. The Morgan fingerprint density at radius 2 is 1.15 bits per heavy atom. The molecule has 8 heteroatoms. The smallest absolute Gasteiger partial charge is 0.322 e. The first-order valence-electron chi connectivity index (χ1n) is 8.49. The lowest BCUT2D eigenvalue weighted by Crippen LogP contribution is -2.28. The summed E-state index contributed by atoms with van der Waals surface area (Å²) in [6, 6.07) is 5.45. The molecule has 1 aromatic rings. The second-order valence-electron chi connectivity index (χ2n) is 6.90. The van der Waals surface area contributed by atoms with Crippen LogP contribution in [0.15, 0.2) is 18.2 Å². The third-order valence-electron chi connectivity index (χ3n) is 3.17. The van der Waals surface area contributed by atoms with Gasteiger partial charge in [-0.15, -0.1) is 0 Å². The van der Waals surface area contributed by atoms with Crippen LogP contribution in [0.2, 0.25) is 0 Å². The van der Waals surface area contributed by atoms with Gasteiger partial charge in [-0.2, -0.15) is 0 Å². The molecule has 152 valence electrons. The quantitative estimate of drug-likeness (QED) is 0.267. The van der Waals surface area contributed by atoms with Gasteiger partial charge in [0.05, 0.1) is 0 Å². The van der Waals surface area contributed by atoms with E-state index in [-0.39, 0.29) is 38.4 Å². The summed E-state index contributed by atoms with van der Waals surface area (Å²) in [7, 11) is 0. The highest BCUT2D eigenvalue weighted by molar-refractivity contribution is 9.10. The van der Waals surface area contributed by atoms with E-state index in [1.54, 1.807) is 33.8 Å². The first kappa shape index (κ1) is 23.8. The van der Waals surface area contributed by atoms with Crippen molar-refractivity contribution in [3.63, 3.8) is 0 Å². The Balaban J connectivity index is 2.43. The van der Waals surface area contributed by atoms with E-state index >= 15 is 0 Å². The molecule has 6 nitrogen and oxygen atoms in total. The SMILES string of the molecule is Cc1cc(OCCOC(=O)C(C)(C)Br)cc(OCCOC(=O)C(C)(C)Br)c1. The van der Waals surface area contributed by atoms with E-state index in [2.05, 4.69) is 31.9 Å². The number of hydrogen-bond acceptors (Lipinski definition) is 6. The fourth-order valence-corrected chi connectivity index (χ4v) is 2.04. The van der Waals surface area contributed by atoms with Crippen LogP contribution in [0, 0.1) is 6.92 Å². The second kappa shape index (κ2) is 10.3. The number of halogens is 2. The monoisotopic (exact) mass is 508 g/mol. The van der Waals surface area contributed by atoms with Gasteiger partial charge in [0.1, 0.15) is 46.6 Å². The second-order valence-corrected chi connectivity index (χ2v) is 10.9. The Labute approximate surface area is 177 Å². The number of hydrogen-bond donors (Lipinski definition) is 0. The number of ether oxygens (including phenoxy) is 4. The molecule has 1 rings (SSSR count). The zero-order chi connectivity index (χ0) is 20.7. The number of benzene rings is 1. The van der Waals surface area contributed by atoms with Crippen LogP contribution in [0.25, 0.3) is 0 Å². The van der Waals surface area contributed by atoms with E-state index in [9.17, 15) is 9.59 Å². The molecule has 0 aliphatic carbocycles. The molecule has 0 saturated heterocycles. The molecule has 0 aliphatic rings. The van der Waals surface area contributed by atoms with E-state index < -0.39 is 8.65 Å². The predicted molar refractivity (Wildman–Crippen MR) is 110 cm³/mol. The molecule has 0 radical (unpaired) electrons. The summed E-state index contributed by atoms with van der Waals surface area (Å²) < 4.78 is 20.0. The van der Waals surface area contributed by atoms with Gasteiger partial charge in [0.25, 0.3) is 0 Å². The van der Waals surface area contributed by atoms with Gasteiger partial charge in [-0.1, -0.05) is 31.9 Å². The first-order valence-corrected chi connectivity index (χ1v) is 10.1. The highest BCUT2D eigenvalue weighted by Crippen LogP contribution is 2.23. The van der Waals surface area contributed by atoms with E-state index in [0.717, 1.165) is 5.56 Å². The summed E-state index contributed by atoms with van der Waals surface area (Å²) in [5.41, 5.74) is 0.958. The normalized spacial score (nSPS) is 11.7. The van der Waals surface area contributed by atoms with E-state index in [0.29, 0.717) is 11.5 Å². The molecule has 0 unspecified atom stereocenters. The number of alkyl halides is 2. The van der Waals surface area contributed by atoms with Crippen molar-refractivity contribution in [1.29, 1.82) is 0 Å². The molecule has 0 aromatic heterocycles. The van der Waals surface area contributed by atoms with Crippen molar-refractivity contribution in [1.82, 2.24) is 0 Å². The van der Waals surface area contributed by atoms with Gasteiger partial charge in [-0.25, -0.2) is 0 Å². The Kier molecular flexibility index (Phi) is 9.08. The van der Waals surface area contributed by atoms with Crippen LogP contribution < -0.4 is 9.47 Å². The number of rotatable bonds is 10. The average molecular weight is 510 g/mol. The van der Waals surface area contributed by atoms with Gasteiger partial charge in [0.15, 0.2) is 0 Å². The van der Waals surface area contributed by atoms with Gasteiger partial charge in [0, 0.05) is 6.07 Å². The van der Waals surface area contributed by atoms with Crippen LogP contribution in [-0.2, 0) is 19.1 Å². The highest BCUT2D eigenvalue weighted by Gasteiger charge is 2.25. The van der Waals surface area contributed by atoms with Crippen molar-refractivity contribution in [2.45, 2.75) is 43.3 Å². The van der Waals surface area contributed by atoms with Crippen LogP contribution in [-0.4, -0.2) is 47.0 Å². The maximum atomic E-state index is 11.7. The number of esters is 2. The van der Waals surface area contributed by atoms with E-state index in [1.165, 1.54) is 0 Å². The fourth-order valence-electron chi connectivity index (χ4n) is 1.81. The number of carbonyl (C=O) groups excluding carboxylic acids is 2. The minimum Gasteiger partial charge on any atom is -0.490 e. The topological polar surface area (TPSA) is 71.1 Å². The highest BCUT2D eigenvalue weighted by atomic mass is 79.9. The summed E-state index contributed by atoms with van der Waals surface area (Å²) >= 11 is 6.49. The fraction of sp³-hybridized carbons (Fsp3) is 0.579. The van der Waals surface area contributed by atoms with Gasteiger partial charge >= 0.3 is 11.9 Å². The van der Waals surface area contributed by atoms with Crippen molar-refractivity contribution in [2.75, 3.05) is 26.4 Å². The average Bonchev–Trinajstić information content (AvgIpc) is 2.53. The lowest BCUT2D eigenvalue weighted by Gasteiger charge is -2.16. The zero-order valence-electron chi connectivity index (χ0n) is 16.3. The van der Waals surface area contributed by atoms with Crippen LogP contribution in [0.3, 0.4) is 0 Å². The van der Waals surface area contributed by atoms with Gasteiger partial charge in [0.2, 0.25) is 0 Å². The Morgan fingerprint density at radius 1 is 0.778 bits per heavy atom. The minimum absolute atomic E-state index is 0.149. The molecule has 0 N–H and O–H groups in total. The number of aryl methyl sites for hydroxylation is 1. The van der Waals surface area contributed by atoms with Crippen LogP contribution >= 0.6 is 31.9 Å². The standard InChI is InChI=1S/C19H26Br2O6/c1-13-10-14(24-6-8-26-16(22)18(2,3)20)12-15(11-13)25-7-9-27-17(23)19(4,5)21/h10-12H,6-9H2,1-5H3. The summed E-state index contributed by atoms with van der Waals surface area (Å²) in [6.07, 6.45) is 0. The molecule has 0 fully saturated rings. The Morgan fingerprint density at radius 3 is 1.48 bits per heavy atom. The third kappa shape index (κ3) is 9.46. The summed E-state index contributed by atoms with van der Waals surface area (Å²) in [6.45, 7) is 9.55. The molecule has 0 amide bonds. The lowest BCUT2D eigenvalue weighted by atomic mass is 10.2. The summed E-state index contributed by atoms with van der Waals surface area (Å²) in [5, 5.41) is 0. The molecule has 0 spiro atoms. The third-order valence-corrected chi connectivity index (χ3v) is 3.81. The van der Waals surface area contributed by atoms with Crippen molar-refractivity contribution in [3.05, 3.63) is 23.8 Å². The first-order chi connectivity index (χ1) is 12.4. The van der Waals surface area contributed by atoms with Crippen molar-refractivity contribution < 1.29 is 28.5 Å². The van der Waals surface area contributed by atoms with E-state index in [1.807, 2.05) is 19.1 Å². The molecule has 0 saturated carbocycles. The van der Waals surface area contributed by atoms with Crippen molar-refractivity contribution in [3.8, 4) is 11.5 Å². The predicted octanol–water partition coefficient (Wildman–Crippen LogP) is 4.19. The van der Waals surface area contributed by atoms with Crippen LogP contribution in [0.1, 0.15) is 33.3 Å². The molecule has 0 heterocycles. The molecule has 27 heavy (non-hydrogen) atoms. The van der Waals surface area contributed by atoms with Crippen LogP contribution in [0.4, 0.5) is 0 Å². The largest absolute Gasteiger partial charge is 0.490 e. The Hall–Kier alpha value is -1.28. The zero-order valence-corrected chi connectivity index (χ0v) is 19.4. The maximum absolute atomic E-state index is 11.7. The minimum atomic E-state index is -0.717. The van der Waals surface area contributed by atoms with Crippen LogP contribution in [0.5, 0.6) is 11.5 Å². The summed E-state index contributed by atoms with van der Waals surface area (Å²) in [4.78, 5) is 23.3. The van der Waals surface area contributed by atoms with Gasteiger partial charge in [-0.3, -0.25) is 9.59 Å².